The molecule has 0 aliphatic carbocycles. The molecule has 0 unspecified atom stereocenters. The number of carbonyl (C=O) groups excluding carboxylic acids is 1. The first-order valence-corrected chi connectivity index (χ1v) is 4.97. The molecule has 1 N–H and O–H groups in total. The molecule has 0 spiro atoms. The molecular formula is C10H23NO. The molecule has 12 heavy (non-hydrogen) atoms. The molecular weight excluding hydrogens is 150 g/mol. The van der Waals surface area contributed by atoms with Gasteiger partial charge < -0.3 is 5.32 Å². The summed E-state index contributed by atoms with van der Waals surface area (Å²) >= 11 is 0. The van der Waals surface area contributed by atoms with Gasteiger partial charge in [0.15, 0.2) is 0 Å². The summed E-state index contributed by atoms with van der Waals surface area (Å²) in [5.41, 5.74) is 0. The fraction of sp³-hybridized carbons (Fsp3) is 0.900. The number of rotatable bonds is 8. The Morgan fingerprint density at radius 1 is 1.25 bits per heavy atom. The summed E-state index contributed by atoms with van der Waals surface area (Å²) in [5.74, 6) is 0.406. The molecule has 0 bridgehead atoms. The van der Waals surface area contributed by atoms with E-state index in [1.165, 1.54) is 19.3 Å². The average Bonchev–Trinajstić information content (AvgIpc) is 2.10. The third kappa shape index (κ3) is 7.73. The predicted molar refractivity (Wildman–Crippen MR) is 54.4 cm³/mol. The Bertz CT molecular complexity index is 117. The van der Waals surface area contributed by atoms with Gasteiger partial charge in [0.1, 0.15) is 5.78 Å². The van der Waals surface area contributed by atoms with Crippen LogP contribution in [-0.4, -0.2) is 19.4 Å². The zero-order valence-electron chi connectivity index (χ0n) is 8.36. The fourth-order valence-corrected chi connectivity index (χ4v) is 1.15. The molecule has 0 amide bonds. The van der Waals surface area contributed by atoms with Crippen LogP contribution in [0.25, 0.3) is 0 Å². The van der Waals surface area contributed by atoms with E-state index in [0.717, 1.165) is 19.4 Å². The lowest BCUT2D eigenvalue weighted by molar-refractivity contribution is -0.118. The van der Waals surface area contributed by atoms with Crippen LogP contribution in [0.3, 0.4) is 0 Å². The summed E-state index contributed by atoms with van der Waals surface area (Å²) in [7, 11) is 1.97. The maximum absolute atomic E-state index is 10.9. The minimum absolute atomic E-state index is 0. The molecule has 0 radical (unpaired) electrons. The maximum atomic E-state index is 10.9. The first-order chi connectivity index (χ1) is 5.81. The molecule has 0 heterocycles. The number of hydrogen-bond acceptors (Lipinski definition) is 2. The van der Waals surface area contributed by atoms with Crippen LogP contribution in [0.5, 0.6) is 0 Å². The van der Waals surface area contributed by atoms with Crippen molar-refractivity contribution >= 4 is 5.78 Å². The Kier molecular flexibility index (Phi) is 8.46. The van der Waals surface area contributed by atoms with Crippen molar-refractivity contribution in [3.63, 3.8) is 0 Å². The van der Waals surface area contributed by atoms with E-state index in [2.05, 4.69) is 5.32 Å². The highest BCUT2D eigenvalue weighted by Gasteiger charge is 1.96. The summed E-state index contributed by atoms with van der Waals surface area (Å²) in [6.07, 6.45) is 6.25. The largest absolute Gasteiger partial charge is 0.320 e. The van der Waals surface area contributed by atoms with Gasteiger partial charge in [0, 0.05) is 14.3 Å². The molecule has 0 aliphatic heterocycles. The highest BCUT2D eigenvalue weighted by Crippen LogP contribution is 2.03. The molecule has 0 rings (SSSR count). The second-order valence-corrected chi connectivity index (χ2v) is 3.16. The SMILES string of the molecule is CCC(=O)CCCCCCNC.[HH]. The van der Waals surface area contributed by atoms with Gasteiger partial charge in [-0.3, -0.25) is 4.79 Å². The van der Waals surface area contributed by atoms with Crippen LogP contribution in [0.15, 0.2) is 0 Å². The van der Waals surface area contributed by atoms with Crippen molar-refractivity contribution in [2.24, 2.45) is 0 Å². The van der Waals surface area contributed by atoms with E-state index in [4.69, 9.17) is 0 Å². The highest BCUT2D eigenvalue weighted by atomic mass is 16.1. The van der Waals surface area contributed by atoms with Gasteiger partial charge in [-0.05, 0) is 26.4 Å². The summed E-state index contributed by atoms with van der Waals surface area (Å²) in [6.45, 7) is 3.03. The molecule has 2 heteroatoms. The smallest absolute Gasteiger partial charge is 0.132 e. The summed E-state index contributed by atoms with van der Waals surface area (Å²) in [5, 5.41) is 3.11. The van der Waals surface area contributed by atoms with Gasteiger partial charge in [0.05, 0.1) is 0 Å². The van der Waals surface area contributed by atoms with E-state index in [9.17, 15) is 4.79 Å². The van der Waals surface area contributed by atoms with Gasteiger partial charge >= 0.3 is 0 Å². The van der Waals surface area contributed by atoms with Gasteiger partial charge in [-0.1, -0.05) is 19.8 Å². The van der Waals surface area contributed by atoms with Crippen LogP contribution in [0.1, 0.15) is 46.9 Å². The van der Waals surface area contributed by atoms with E-state index in [-0.39, 0.29) is 1.43 Å². The molecule has 0 aromatic rings. The van der Waals surface area contributed by atoms with Crippen molar-refractivity contribution < 1.29 is 6.22 Å². The Hall–Kier alpha value is -0.370. The third-order valence-corrected chi connectivity index (χ3v) is 2.03. The van der Waals surface area contributed by atoms with Crippen LogP contribution >= 0.6 is 0 Å². The maximum Gasteiger partial charge on any atom is 0.132 e. The first-order valence-electron chi connectivity index (χ1n) is 4.97. The van der Waals surface area contributed by atoms with Crippen molar-refractivity contribution in [2.45, 2.75) is 45.4 Å². The topological polar surface area (TPSA) is 29.1 Å². The van der Waals surface area contributed by atoms with Crippen LogP contribution in [0.2, 0.25) is 0 Å². The number of nitrogens with one attached hydrogen (secondary N) is 1. The van der Waals surface area contributed by atoms with Crippen molar-refractivity contribution in [3.8, 4) is 0 Å². The number of Topliss-reactive ketones (excluding diaryl/α,β-unsaturated/α-hetero) is 1. The van der Waals surface area contributed by atoms with Crippen molar-refractivity contribution in [1.82, 2.24) is 5.32 Å². The minimum atomic E-state index is 0. The first kappa shape index (κ1) is 11.6. The van der Waals surface area contributed by atoms with E-state index >= 15 is 0 Å². The van der Waals surface area contributed by atoms with Gasteiger partial charge in [-0.25, -0.2) is 0 Å². The van der Waals surface area contributed by atoms with E-state index in [0.29, 0.717) is 12.2 Å². The highest BCUT2D eigenvalue weighted by molar-refractivity contribution is 5.77. The summed E-state index contributed by atoms with van der Waals surface area (Å²) in [4.78, 5) is 10.9. The van der Waals surface area contributed by atoms with Crippen molar-refractivity contribution in [3.05, 3.63) is 0 Å². The van der Waals surface area contributed by atoms with Crippen molar-refractivity contribution in [1.29, 1.82) is 0 Å². The summed E-state index contributed by atoms with van der Waals surface area (Å²) in [6, 6.07) is 0. The van der Waals surface area contributed by atoms with Gasteiger partial charge in [-0.2, -0.15) is 0 Å². The van der Waals surface area contributed by atoms with Gasteiger partial charge in [0.2, 0.25) is 0 Å². The van der Waals surface area contributed by atoms with Crippen molar-refractivity contribution in [2.75, 3.05) is 13.6 Å². The Morgan fingerprint density at radius 2 is 1.92 bits per heavy atom. The Labute approximate surface area is 77.2 Å². The molecule has 2 nitrogen and oxygen atoms in total. The molecule has 0 aromatic heterocycles. The zero-order valence-corrected chi connectivity index (χ0v) is 8.36. The van der Waals surface area contributed by atoms with Crippen LogP contribution in [0, 0.1) is 0 Å². The molecule has 74 valence electrons. The third-order valence-electron chi connectivity index (χ3n) is 2.03. The van der Waals surface area contributed by atoms with E-state index in [1.807, 2.05) is 14.0 Å². The van der Waals surface area contributed by atoms with E-state index < -0.39 is 0 Å². The van der Waals surface area contributed by atoms with Crippen LogP contribution in [0.4, 0.5) is 0 Å². The summed E-state index contributed by atoms with van der Waals surface area (Å²) < 4.78 is 0. The lowest BCUT2D eigenvalue weighted by atomic mass is 10.1. The quantitative estimate of drug-likeness (QED) is 0.571. The second-order valence-electron chi connectivity index (χ2n) is 3.16. The molecule has 0 saturated carbocycles. The van der Waals surface area contributed by atoms with E-state index in [1.54, 1.807) is 0 Å². The number of unbranched alkanes of at least 4 members (excludes halogenated alkanes) is 3. The Balaban J connectivity index is 0. The standard InChI is InChI=1S/C10H21NO.H2/c1-3-10(12)8-6-4-5-7-9-11-2;/h11H,3-9H2,1-2H3;1H. The molecule has 0 fully saturated rings. The monoisotopic (exact) mass is 173 g/mol. The molecule has 0 atom stereocenters. The van der Waals surface area contributed by atoms with Gasteiger partial charge in [-0.15, -0.1) is 0 Å². The minimum Gasteiger partial charge on any atom is -0.320 e. The lowest BCUT2D eigenvalue weighted by Gasteiger charge is -1.99. The van der Waals surface area contributed by atoms with Gasteiger partial charge in [0.25, 0.3) is 0 Å². The molecule has 0 aromatic carbocycles. The average molecular weight is 173 g/mol. The number of carbonyl (C=O) groups is 1. The molecule has 0 aliphatic rings. The number of ketones is 1. The predicted octanol–water partition coefficient (Wildman–Crippen LogP) is 2.38. The van der Waals surface area contributed by atoms with Crippen LogP contribution in [-0.2, 0) is 4.79 Å². The number of hydrogen-bond donors (Lipinski definition) is 1. The lowest BCUT2D eigenvalue weighted by Crippen LogP contribution is -2.07. The molecule has 0 saturated heterocycles. The zero-order chi connectivity index (χ0) is 9.23. The fourth-order valence-electron chi connectivity index (χ4n) is 1.15. The van der Waals surface area contributed by atoms with Crippen LogP contribution < -0.4 is 5.32 Å². The normalized spacial score (nSPS) is 10.2. The second kappa shape index (κ2) is 8.72. The Morgan fingerprint density at radius 3 is 2.50 bits per heavy atom.